The maximum atomic E-state index is 12.6. The number of aryl methyl sites for hydroxylation is 1. The van der Waals surface area contributed by atoms with Crippen LogP contribution in [-0.2, 0) is 9.53 Å². The molecule has 0 fully saturated rings. The van der Waals surface area contributed by atoms with Crippen LogP contribution in [0.4, 0.5) is 5.69 Å². The quantitative estimate of drug-likeness (QED) is 0.767. The molecule has 6 nitrogen and oxygen atoms in total. The van der Waals surface area contributed by atoms with Gasteiger partial charge in [0.1, 0.15) is 11.5 Å². The second-order valence-corrected chi connectivity index (χ2v) is 5.70. The first-order valence-corrected chi connectivity index (χ1v) is 8.29. The lowest BCUT2D eigenvalue weighted by Crippen LogP contribution is -2.32. The Balaban J connectivity index is 2.15. The van der Waals surface area contributed by atoms with Crippen LogP contribution < -0.4 is 14.8 Å². The van der Waals surface area contributed by atoms with Crippen molar-refractivity contribution in [3.8, 4) is 11.5 Å². The van der Waals surface area contributed by atoms with Gasteiger partial charge in [-0.2, -0.15) is 0 Å². The van der Waals surface area contributed by atoms with Crippen molar-refractivity contribution in [3.63, 3.8) is 0 Å². The number of rotatable bonds is 7. The van der Waals surface area contributed by atoms with Crippen LogP contribution in [0.25, 0.3) is 0 Å². The van der Waals surface area contributed by atoms with E-state index in [-0.39, 0.29) is 5.91 Å². The molecule has 0 radical (unpaired) electrons. The minimum absolute atomic E-state index is 0.291. The minimum atomic E-state index is -0.678. The molecule has 0 aliphatic heterocycles. The Morgan fingerprint density at radius 3 is 2.46 bits per heavy atom. The average Bonchev–Trinajstić information content (AvgIpc) is 2.67. The Kier molecular flexibility index (Phi) is 6.60. The number of carbonyl (C=O) groups excluding carboxylic acids is 2. The number of methoxy groups -OCH3 is 2. The van der Waals surface area contributed by atoms with Gasteiger partial charge in [-0.3, -0.25) is 4.79 Å². The Morgan fingerprint density at radius 1 is 1.08 bits per heavy atom. The third-order valence-electron chi connectivity index (χ3n) is 3.90. The van der Waals surface area contributed by atoms with Crippen molar-refractivity contribution >= 4 is 17.6 Å². The maximum Gasteiger partial charge on any atom is 0.337 e. The van der Waals surface area contributed by atoms with Crippen molar-refractivity contribution < 1.29 is 23.8 Å². The van der Waals surface area contributed by atoms with Crippen molar-refractivity contribution in [2.45, 2.75) is 26.4 Å². The molecule has 26 heavy (non-hydrogen) atoms. The van der Waals surface area contributed by atoms with E-state index in [2.05, 4.69) is 5.32 Å². The summed E-state index contributed by atoms with van der Waals surface area (Å²) in [6.45, 7) is 3.71. The van der Waals surface area contributed by atoms with Crippen LogP contribution in [0, 0.1) is 6.92 Å². The van der Waals surface area contributed by atoms with Crippen LogP contribution in [0.2, 0.25) is 0 Å². The van der Waals surface area contributed by atoms with Crippen LogP contribution in [0.5, 0.6) is 11.5 Å². The highest BCUT2D eigenvalue weighted by atomic mass is 16.5. The number of nitrogens with one attached hydrogen (secondary N) is 1. The van der Waals surface area contributed by atoms with Gasteiger partial charge in [0.2, 0.25) is 0 Å². The van der Waals surface area contributed by atoms with Gasteiger partial charge < -0.3 is 19.5 Å². The van der Waals surface area contributed by atoms with Gasteiger partial charge in [-0.05, 0) is 43.2 Å². The zero-order valence-electron chi connectivity index (χ0n) is 15.4. The van der Waals surface area contributed by atoms with Crippen LogP contribution in [0.1, 0.15) is 29.3 Å². The van der Waals surface area contributed by atoms with Crippen LogP contribution >= 0.6 is 0 Å². The lowest BCUT2D eigenvalue weighted by Gasteiger charge is -2.18. The van der Waals surface area contributed by atoms with E-state index in [0.29, 0.717) is 29.2 Å². The van der Waals surface area contributed by atoms with Gasteiger partial charge in [0, 0.05) is 11.8 Å². The van der Waals surface area contributed by atoms with E-state index in [4.69, 9.17) is 14.2 Å². The number of anilines is 1. The van der Waals surface area contributed by atoms with E-state index in [1.54, 1.807) is 49.6 Å². The minimum Gasteiger partial charge on any atom is -0.497 e. The van der Waals surface area contributed by atoms with Crippen molar-refractivity contribution in [1.29, 1.82) is 0 Å². The number of hydrogen-bond donors (Lipinski definition) is 1. The highest BCUT2D eigenvalue weighted by Crippen LogP contribution is 2.22. The Morgan fingerprint density at radius 2 is 1.81 bits per heavy atom. The molecule has 0 heterocycles. The molecule has 0 bridgehead atoms. The van der Waals surface area contributed by atoms with Gasteiger partial charge in [-0.15, -0.1) is 0 Å². The largest absolute Gasteiger partial charge is 0.497 e. The van der Waals surface area contributed by atoms with Crippen molar-refractivity contribution in [2.75, 3.05) is 19.5 Å². The summed E-state index contributed by atoms with van der Waals surface area (Å²) in [5, 5.41) is 2.83. The Bertz CT molecular complexity index is 788. The monoisotopic (exact) mass is 357 g/mol. The van der Waals surface area contributed by atoms with Crippen LogP contribution in [0.3, 0.4) is 0 Å². The third-order valence-corrected chi connectivity index (χ3v) is 3.90. The van der Waals surface area contributed by atoms with Gasteiger partial charge in [-0.25, -0.2) is 4.79 Å². The molecule has 2 aromatic rings. The summed E-state index contributed by atoms with van der Waals surface area (Å²) in [6.07, 6.45) is -0.193. The van der Waals surface area contributed by atoms with Crippen LogP contribution in [0.15, 0.2) is 42.5 Å². The first kappa shape index (κ1) is 19.3. The summed E-state index contributed by atoms with van der Waals surface area (Å²) in [6, 6.07) is 12.1. The highest BCUT2D eigenvalue weighted by molar-refractivity contribution is 5.97. The maximum absolute atomic E-state index is 12.6. The predicted octanol–water partition coefficient (Wildman–Crippen LogP) is 3.59. The van der Waals surface area contributed by atoms with E-state index in [0.717, 1.165) is 5.56 Å². The first-order chi connectivity index (χ1) is 12.5. The van der Waals surface area contributed by atoms with Gasteiger partial charge >= 0.3 is 5.97 Å². The summed E-state index contributed by atoms with van der Waals surface area (Å²) in [7, 11) is 2.88. The van der Waals surface area contributed by atoms with Crippen molar-refractivity contribution in [3.05, 3.63) is 53.6 Å². The molecule has 2 rings (SSSR count). The van der Waals surface area contributed by atoms with E-state index in [1.165, 1.54) is 7.11 Å². The SMILES string of the molecule is CC[C@@H](Oc1cccc(OC)c1)C(=O)Nc1cc(C(=O)OC)ccc1C. The summed E-state index contributed by atoms with van der Waals surface area (Å²) in [4.78, 5) is 24.3. The number of hydrogen-bond acceptors (Lipinski definition) is 5. The molecule has 0 aliphatic rings. The van der Waals surface area contributed by atoms with E-state index >= 15 is 0 Å². The van der Waals surface area contributed by atoms with E-state index in [1.807, 2.05) is 13.8 Å². The lowest BCUT2D eigenvalue weighted by atomic mass is 10.1. The summed E-state index contributed by atoms with van der Waals surface area (Å²) in [5.74, 6) is 0.450. The number of carbonyl (C=O) groups is 2. The number of ether oxygens (including phenoxy) is 3. The van der Waals surface area contributed by atoms with E-state index in [9.17, 15) is 9.59 Å². The van der Waals surface area contributed by atoms with Crippen molar-refractivity contribution in [2.24, 2.45) is 0 Å². The standard InChI is InChI=1S/C20H23NO5/c1-5-18(26-16-8-6-7-15(12-16)24-3)19(22)21-17-11-14(20(23)25-4)10-9-13(17)2/h6-12,18H,5H2,1-4H3,(H,21,22)/t18-/m1/s1. The fourth-order valence-corrected chi connectivity index (χ4v) is 2.38. The molecule has 2 aromatic carbocycles. The van der Waals surface area contributed by atoms with Gasteiger partial charge in [0.25, 0.3) is 5.91 Å². The van der Waals surface area contributed by atoms with Crippen molar-refractivity contribution in [1.82, 2.24) is 0 Å². The number of amides is 1. The van der Waals surface area contributed by atoms with Crippen LogP contribution in [-0.4, -0.2) is 32.2 Å². The number of benzene rings is 2. The molecule has 138 valence electrons. The molecule has 1 amide bonds. The number of esters is 1. The highest BCUT2D eigenvalue weighted by Gasteiger charge is 2.20. The molecule has 0 spiro atoms. The molecule has 0 aromatic heterocycles. The molecule has 0 aliphatic carbocycles. The summed E-state index contributed by atoms with van der Waals surface area (Å²) >= 11 is 0. The molecular weight excluding hydrogens is 334 g/mol. The molecule has 0 saturated heterocycles. The smallest absolute Gasteiger partial charge is 0.337 e. The molecule has 1 atom stereocenters. The summed E-state index contributed by atoms with van der Waals surface area (Å²) in [5.41, 5.74) is 1.75. The lowest BCUT2D eigenvalue weighted by molar-refractivity contribution is -0.122. The second kappa shape index (κ2) is 8.89. The third kappa shape index (κ3) is 4.75. The molecular formula is C20H23NO5. The fraction of sp³-hybridized carbons (Fsp3) is 0.300. The average molecular weight is 357 g/mol. The zero-order valence-corrected chi connectivity index (χ0v) is 15.4. The normalized spacial score (nSPS) is 11.4. The Hall–Kier alpha value is -3.02. The fourth-order valence-electron chi connectivity index (χ4n) is 2.38. The Labute approximate surface area is 153 Å². The second-order valence-electron chi connectivity index (χ2n) is 5.70. The molecule has 0 saturated carbocycles. The van der Waals surface area contributed by atoms with Gasteiger partial charge in [-0.1, -0.05) is 19.1 Å². The molecule has 6 heteroatoms. The molecule has 0 unspecified atom stereocenters. The van der Waals surface area contributed by atoms with Gasteiger partial charge in [0.15, 0.2) is 6.10 Å². The summed E-state index contributed by atoms with van der Waals surface area (Å²) < 4.78 is 15.7. The van der Waals surface area contributed by atoms with E-state index < -0.39 is 12.1 Å². The predicted molar refractivity (Wildman–Crippen MR) is 98.8 cm³/mol. The zero-order chi connectivity index (χ0) is 19.1. The molecule has 1 N–H and O–H groups in total. The van der Waals surface area contributed by atoms with Gasteiger partial charge in [0.05, 0.1) is 19.8 Å². The first-order valence-electron chi connectivity index (χ1n) is 8.29. The topological polar surface area (TPSA) is 73.9 Å².